The van der Waals surface area contributed by atoms with Crippen molar-refractivity contribution in [3.8, 4) is 22.5 Å². The van der Waals surface area contributed by atoms with E-state index in [2.05, 4.69) is 15.8 Å². The van der Waals surface area contributed by atoms with E-state index in [-0.39, 0.29) is 17.5 Å². The molecule has 1 fully saturated rings. The number of urea groups is 1. The molecule has 34 heavy (non-hydrogen) atoms. The van der Waals surface area contributed by atoms with Gasteiger partial charge in [0.15, 0.2) is 5.76 Å². The highest BCUT2D eigenvalue weighted by atomic mass is 16.5. The van der Waals surface area contributed by atoms with Crippen LogP contribution >= 0.6 is 0 Å². The third-order valence-corrected chi connectivity index (χ3v) is 5.92. The summed E-state index contributed by atoms with van der Waals surface area (Å²) >= 11 is 0. The van der Waals surface area contributed by atoms with Gasteiger partial charge in [0.2, 0.25) is 0 Å². The van der Waals surface area contributed by atoms with Gasteiger partial charge in [-0.1, -0.05) is 53.7 Å². The van der Waals surface area contributed by atoms with Crippen LogP contribution in [0.4, 0.5) is 10.5 Å². The van der Waals surface area contributed by atoms with Crippen LogP contribution in [0.1, 0.15) is 51.8 Å². The first-order chi connectivity index (χ1) is 16.1. The highest BCUT2D eigenvalue weighted by molar-refractivity contribution is 5.94. The minimum atomic E-state index is -0.467. The predicted molar refractivity (Wildman–Crippen MR) is 132 cm³/mol. The molecule has 1 heterocycles. The highest BCUT2D eigenvalue weighted by Crippen LogP contribution is 2.49. The predicted octanol–water partition coefficient (Wildman–Crippen LogP) is 5.83. The number of amides is 2. The summed E-state index contributed by atoms with van der Waals surface area (Å²) in [5.74, 6) is 0.378. The van der Waals surface area contributed by atoms with Crippen LogP contribution in [0.3, 0.4) is 0 Å². The van der Waals surface area contributed by atoms with Crippen LogP contribution in [0.5, 0.6) is 0 Å². The maximum atomic E-state index is 12.4. The van der Waals surface area contributed by atoms with Crippen molar-refractivity contribution in [1.29, 1.82) is 0 Å². The molecule has 1 aromatic heterocycles. The molecule has 7 nitrogen and oxygen atoms in total. The Labute approximate surface area is 199 Å². The van der Waals surface area contributed by atoms with Gasteiger partial charge in [0.05, 0.1) is 12.0 Å². The second-order valence-corrected chi connectivity index (χ2v) is 9.76. The van der Waals surface area contributed by atoms with E-state index in [1.807, 2.05) is 76.2 Å². The molecule has 0 saturated heterocycles. The minimum absolute atomic E-state index is 0.130. The zero-order valence-electron chi connectivity index (χ0n) is 20.3. The van der Waals surface area contributed by atoms with Crippen LogP contribution in [0, 0.1) is 6.92 Å². The minimum Gasteiger partial charge on any atom is -0.465 e. The van der Waals surface area contributed by atoms with Gasteiger partial charge in [-0.3, -0.25) is 4.79 Å². The molecule has 2 amide bonds. The summed E-state index contributed by atoms with van der Waals surface area (Å²) in [6, 6.07) is 15.7. The average molecular weight is 462 g/mol. The summed E-state index contributed by atoms with van der Waals surface area (Å²) in [4.78, 5) is 24.7. The molecule has 4 rings (SSSR count). The number of aromatic nitrogens is 1. The molecule has 0 aliphatic heterocycles. The van der Waals surface area contributed by atoms with Gasteiger partial charge in [0, 0.05) is 11.1 Å². The monoisotopic (exact) mass is 461 g/mol. The Balaban J connectivity index is 1.51. The van der Waals surface area contributed by atoms with Crippen molar-refractivity contribution in [2.24, 2.45) is 0 Å². The SMILES string of the molecule is CCOC(=O)C1(c2ccc(-c3ccc(-c4onc(C)c4NC(=O)NC(C)(C)C)cc3)cc2)CC1. The van der Waals surface area contributed by atoms with Crippen molar-refractivity contribution < 1.29 is 18.8 Å². The van der Waals surface area contributed by atoms with Crippen molar-refractivity contribution in [3.05, 3.63) is 59.8 Å². The number of nitrogens with zero attached hydrogens (tertiary/aromatic N) is 1. The highest BCUT2D eigenvalue weighted by Gasteiger charge is 2.52. The third-order valence-electron chi connectivity index (χ3n) is 5.92. The molecule has 2 N–H and O–H groups in total. The smallest absolute Gasteiger partial charge is 0.319 e. The molecule has 1 aliphatic carbocycles. The largest absolute Gasteiger partial charge is 0.465 e. The van der Waals surface area contributed by atoms with Gasteiger partial charge in [-0.2, -0.15) is 0 Å². The first-order valence-electron chi connectivity index (χ1n) is 11.6. The van der Waals surface area contributed by atoms with Crippen molar-refractivity contribution >= 4 is 17.7 Å². The average Bonchev–Trinajstić information content (AvgIpc) is 3.53. The van der Waals surface area contributed by atoms with E-state index < -0.39 is 5.41 Å². The van der Waals surface area contributed by atoms with Crippen LogP contribution < -0.4 is 10.6 Å². The number of aryl methyl sites for hydroxylation is 1. The van der Waals surface area contributed by atoms with E-state index in [1.165, 1.54) is 0 Å². The molecule has 0 bridgehead atoms. The van der Waals surface area contributed by atoms with Gasteiger partial charge < -0.3 is 19.9 Å². The standard InChI is InChI=1S/C27H31N3O4/c1-6-33-24(31)27(15-16-27)21-13-11-19(12-14-21)18-7-9-20(10-8-18)23-22(17(2)30-34-23)28-25(32)29-26(3,4)5/h7-14H,6,15-16H2,1-5H3,(H2,28,29,32). The first kappa shape index (κ1) is 23.5. The topological polar surface area (TPSA) is 93.5 Å². The lowest BCUT2D eigenvalue weighted by molar-refractivity contribution is -0.146. The third kappa shape index (κ3) is 4.83. The van der Waals surface area contributed by atoms with Gasteiger partial charge in [-0.25, -0.2) is 4.79 Å². The molecule has 0 spiro atoms. The van der Waals surface area contributed by atoms with Gasteiger partial charge >= 0.3 is 12.0 Å². The molecule has 3 aromatic rings. The van der Waals surface area contributed by atoms with Crippen molar-refractivity contribution in [2.75, 3.05) is 11.9 Å². The molecule has 0 atom stereocenters. The van der Waals surface area contributed by atoms with E-state index in [1.54, 1.807) is 6.92 Å². The van der Waals surface area contributed by atoms with E-state index in [9.17, 15) is 9.59 Å². The van der Waals surface area contributed by atoms with Crippen LogP contribution in [-0.4, -0.2) is 29.3 Å². The Bertz CT molecular complexity index is 1180. The number of carbonyl (C=O) groups is 2. The fourth-order valence-electron chi connectivity index (χ4n) is 4.00. The Hall–Kier alpha value is -3.61. The fraction of sp³-hybridized carbons (Fsp3) is 0.370. The summed E-state index contributed by atoms with van der Waals surface area (Å²) < 4.78 is 10.8. The van der Waals surface area contributed by atoms with Crippen LogP contribution in [0.2, 0.25) is 0 Å². The van der Waals surface area contributed by atoms with Crippen LogP contribution in [-0.2, 0) is 14.9 Å². The van der Waals surface area contributed by atoms with E-state index >= 15 is 0 Å². The number of rotatable bonds is 6. The zero-order chi connectivity index (χ0) is 24.5. The summed E-state index contributed by atoms with van der Waals surface area (Å²) in [5, 5.41) is 9.77. The second-order valence-electron chi connectivity index (χ2n) is 9.76. The van der Waals surface area contributed by atoms with Crippen LogP contribution in [0.15, 0.2) is 53.1 Å². The maximum Gasteiger partial charge on any atom is 0.319 e. The summed E-state index contributed by atoms with van der Waals surface area (Å²) in [6.45, 7) is 9.77. The Kier molecular flexibility index (Phi) is 6.21. The molecular weight excluding hydrogens is 430 g/mol. The number of carbonyl (C=O) groups excluding carboxylic acids is 2. The lowest BCUT2D eigenvalue weighted by Crippen LogP contribution is -2.43. The summed E-state index contributed by atoms with van der Waals surface area (Å²) in [6.07, 6.45) is 1.67. The Morgan fingerprint density at radius 3 is 2.09 bits per heavy atom. The van der Waals surface area contributed by atoms with E-state index in [0.29, 0.717) is 23.7 Å². The molecule has 1 saturated carbocycles. The number of nitrogens with one attached hydrogen (secondary N) is 2. The Morgan fingerprint density at radius 2 is 1.56 bits per heavy atom. The lowest BCUT2D eigenvalue weighted by atomic mass is 9.93. The fourth-order valence-corrected chi connectivity index (χ4v) is 4.00. The molecule has 178 valence electrons. The van der Waals surface area contributed by atoms with Crippen molar-refractivity contribution in [3.63, 3.8) is 0 Å². The first-order valence-corrected chi connectivity index (χ1v) is 11.6. The van der Waals surface area contributed by atoms with Gasteiger partial charge in [0.1, 0.15) is 11.4 Å². The summed E-state index contributed by atoms with van der Waals surface area (Å²) in [7, 11) is 0. The lowest BCUT2D eigenvalue weighted by Gasteiger charge is -2.20. The number of anilines is 1. The molecular formula is C27H31N3O4. The maximum absolute atomic E-state index is 12.4. The number of esters is 1. The zero-order valence-corrected chi connectivity index (χ0v) is 20.3. The molecule has 7 heteroatoms. The summed E-state index contributed by atoms with van der Waals surface area (Å²) in [5.41, 5.74) is 4.23. The van der Waals surface area contributed by atoms with Gasteiger partial charge in [-0.05, 0) is 64.2 Å². The normalized spacial score (nSPS) is 14.4. The molecule has 1 aliphatic rings. The molecule has 0 radical (unpaired) electrons. The number of hydrogen-bond donors (Lipinski definition) is 2. The van der Waals surface area contributed by atoms with Gasteiger partial charge in [0.25, 0.3) is 0 Å². The van der Waals surface area contributed by atoms with Crippen molar-refractivity contribution in [1.82, 2.24) is 10.5 Å². The molecule has 2 aromatic carbocycles. The quantitative estimate of drug-likeness (QED) is 0.450. The number of ether oxygens (including phenoxy) is 1. The van der Waals surface area contributed by atoms with E-state index in [0.717, 1.165) is 35.1 Å². The van der Waals surface area contributed by atoms with Crippen LogP contribution in [0.25, 0.3) is 22.5 Å². The number of hydrogen-bond acceptors (Lipinski definition) is 5. The molecule has 0 unspecified atom stereocenters. The van der Waals surface area contributed by atoms with Crippen molar-refractivity contribution in [2.45, 2.75) is 58.4 Å². The number of benzene rings is 2. The van der Waals surface area contributed by atoms with Gasteiger partial charge in [-0.15, -0.1) is 0 Å². The second kappa shape index (κ2) is 8.97. The Morgan fingerprint density at radius 1 is 1.00 bits per heavy atom. The van der Waals surface area contributed by atoms with E-state index in [4.69, 9.17) is 9.26 Å².